The number of nitrogens with zero attached hydrogens (tertiary/aromatic N) is 1. The van der Waals surface area contributed by atoms with Crippen LogP contribution in [0.4, 0.5) is 11.4 Å². The number of nitro groups is 1. The van der Waals surface area contributed by atoms with Gasteiger partial charge in [0.25, 0.3) is 0 Å². The molecule has 0 fully saturated rings. The number of carbonyl (C=O) groups excluding carboxylic acids is 2. The molecule has 0 aliphatic rings. The second kappa shape index (κ2) is 11.6. The number of nitro benzene ring substituents is 1. The molecular formula is C21H22N2O6S. The summed E-state index contributed by atoms with van der Waals surface area (Å²) in [6.45, 7) is 2.06. The molecule has 0 heterocycles. The first-order valence-corrected chi connectivity index (χ1v) is 10.2. The first-order chi connectivity index (χ1) is 14.4. The molecule has 0 aliphatic carbocycles. The number of rotatable bonds is 10. The summed E-state index contributed by atoms with van der Waals surface area (Å²) >= 11 is 1.35. The lowest BCUT2D eigenvalue weighted by Gasteiger charge is -2.07. The van der Waals surface area contributed by atoms with E-state index in [0.717, 1.165) is 11.1 Å². The predicted octanol–water partition coefficient (Wildman–Crippen LogP) is 4.05. The number of hydrogen-bond acceptors (Lipinski definition) is 7. The highest BCUT2D eigenvalue weighted by atomic mass is 32.2. The van der Waals surface area contributed by atoms with Crippen LogP contribution >= 0.6 is 11.8 Å². The number of hydrogen-bond donors (Lipinski definition) is 1. The van der Waals surface area contributed by atoms with Crippen molar-refractivity contribution in [2.75, 3.05) is 24.8 Å². The van der Waals surface area contributed by atoms with Crippen molar-refractivity contribution in [1.82, 2.24) is 0 Å². The van der Waals surface area contributed by atoms with Gasteiger partial charge >= 0.3 is 11.7 Å². The molecule has 2 aromatic rings. The van der Waals surface area contributed by atoms with Crippen molar-refractivity contribution in [2.45, 2.75) is 12.7 Å². The zero-order chi connectivity index (χ0) is 21.9. The highest BCUT2D eigenvalue weighted by Crippen LogP contribution is 2.29. The van der Waals surface area contributed by atoms with Gasteiger partial charge < -0.3 is 14.8 Å². The van der Waals surface area contributed by atoms with E-state index in [1.54, 1.807) is 49.4 Å². The third kappa shape index (κ3) is 7.25. The zero-order valence-electron chi connectivity index (χ0n) is 16.6. The lowest BCUT2D eigenvalue weighted by atomic mass is 10.2. The van der Waals surface area contributed by atoms with Crippen molar-refractivity contribution < 1.29 is 24.0 Å². The highest BCUT2D eigenvalue weighted by molar-refractivity contribution is 7.99. The summed E-state index contributed by atoms with van der Waals surface area (Å²) in [5.74, 6) is 0.263. The minimum absolute atomic E-state index is 0.0999. The Balaban J connectivity index is 1.83. The molecule has 0 aromatic heterocycles. The molecule has 158 valence electrons. The van der Waals surface area contributed by atoms with Gasteiger partial charge in [-0.05, 0) is 42.3 Å². The van der Waals surface area contributed by atoms with E-state index in [0.29, 0.717) is 18.0 Å². The van der Waals surface area contributed by atoms with Gasteiger partial charge in [0, 0.05) is 23.6 Å². The number of esters is 1. The van der Waals surface area contributed by atoms with Crippen molar-refractivity contribution in [2.24, 2.45) is 0 Å². The largest absolute Gasteiger partial charge is 0.490 e. The van der Waals surface area contributed by atoms with E-state index in [4.69, 9.17) is 9.47 Å². The number of carbonyl (C=O) groups is 2. The van der Waals surface area contributed by atoms with E-state index in [1.807, 2.05) is 0 Å². The molecule has 0 atom stereocenters. The van der Waals surface area contributed by atoms with Crippen molar-refractivity contribution >= 4 is 41.1 Å². The fourth-order valence-corrected chi connectivity index (χ4v) is 3.23. The number of nitrogens with one attached hydrogen (secondary N) is 1. The Morgan fingerprint density at radius 3 is 2.57 bits per heavy atom. The maximum atomic E-state index is 12.1. The minimum Gasteiger partial charge on any atom is -0.490 e. The Morgan fingerprint density at radius 2 is 1.93 bits per heavy atom. The molecule has 0 spiro atoms. The van der Waals surface area contributed by atoms with Crippen LogP contribution in [0.25, 0.3) is 6.08 Å². The first-order valence-electron chi connectivity index (χ1n) is 9.06. The van der Waals surface area contributed by atoms with Gasteiger partial charge in [-0.25, -0.2) is 4.79 Å². The van der Waals surface area contributed by atoms with Gasteiger partial charge in [0.2, 0.25) is 5.91 Å². The summed E-state index contributed by atoms with van der Waals surface area (Å²) in [4.78, 5) is 34.0. The molecule has 9 heteroatoms. The average molecular weight is 430 g/mol. The number of ether oxygens (including phenoxy) is 2. The number of thioether (sulfide) groups is 1. The van der Waals surface area contributed by atoms with Crippen LogP contribution in [-0.2, 0) is 20.1 Å². The van der Waals surface area contributed by atoms with E-state index < -0.39 is 10.9 Å². The molecule has 0 bridgehead atoms. The Labute approximate surface area is 178 Å². The normalized spacial score (nSPS) is 10.6. The van der Waals surface area contributed by atoms with E-state index >= 15 is 0 Å². The fraction of sp³-hybridized carbons (Fsp3) is 0.238. The van der Waals surface area contributed by atoms with Gasteiger partial charge in [-0.15, -0.1) is 11.8 Å². The number of anilines is 1. The molecule has 8 nitrogen and oxygen atoms in total. The van der Waals surface area contributed by atoms with E-state index in [9.17, 15) is 19.7 Å². The predicted molar refractivity (Wildman–Crippen MR) is 117 cm³/mol. The summed E-state index contributed by atoms with van der Waals surface area (Å²) in [5.41, 5.74) is 2.07. The van der Waals surface area contributed by atoms with Crippen LogP contribution in [-0.4, -0.2) is 36.3 Å². The first kappa shape index (κ1) is 23.0. The van der Waals surface area contributed by atoms with Crippen molar-refractivity contribution in [3.63, 3.8) is 0 Å². The molecule has 0 saturated heterocycles. The maximum Gasteiger partial charge on any atom is 0.330 e. The molecular weight excluding hydrogens is 408 g/mol. The van der Waals surface area contributed by atoms with Gasteiger partial charge in [0.1, 0.15) is 0 Å². The standard InChI is InChI=1S/C21H22N2O6S/c1-3-29-21(25)11-7-15-4-8-17(9-5-15)22-20(24)14-30-13-16-6-10-19(28-2)18(12-16)23(26)27/h4-12H,3,13-14H2,1-2H3,(H,22,24)/b11-7+. The molecule has 0 aliphatic heterocycles. The van der Waals surface area contributed by atoms with Crippen LogP contribution < -0.4 is 10.1 Å². The van der Waals surface area contributed by atoms with E-state index in [2.05, 4.69) is 5.32 Å². The Bertz CT molecular complexity index is 928. The number of methoxy groups -OCH3 is 1. The van der Waals surface area contributed by atoms with Crippen LogP contribution in [0.3, 0.4) is 0 Å². The zero-order valence-corrected chi connectivity index (χ0v) is 17.4. The molecule has 30 heavy (non-hydrogen) atoms. The molecule has 2 rings (SSSR count). The topological polar surface area (TPSA) is 108 Å². The van der Waals surface area contributed by atoms with Gasteiger partial charge in [-0.2, -0.15) is 0 Å². The monoisotopic (exact) mass is 430 g/mol. The van der Waals surface area contributed by atoms with Crippen LogP contribution in [0.2, 0.25) is 0 Å². The van der Waals surface area contributed by atoms with E-state index in [-0.39, 0.29) is 23.1 Å². The van der Waals surface area contributed by atoms with Crippen molar-refractivity contribution in [3.05, 3.63) is 69.8 Å². The third-order valence-corrected chi connectivity index (χ3v) is 4.84. The van der Waals surface area contributed by atoms with Crippen molar-refractivity contribution in [1.29, 1.82) is 0 Å². The van der Waals surface area contributed by atoms with Crippen LogP contribution in [0.15, 0.2) is 48.5 Å². The maximum absolute atomic E-state index is 12.1. The lowest BCUT2D eigenvalue weighted by molar-refractivity contribution is -0.385. The molecule has 0 unspecified atom stereocenters. The highest BCUT2D eigenvalue weighted by Gasteiger charge is 2.15. The number of benzene rings is 2. The van der Waals surface area contributed by atoms with Gasteiger partial charge in [0.05, 0.1) is 24.4 Å². The van der Waals surface area contributed by atoms with Crippen LogP contribution in [0, 0.1) is 10.1 Å². The summed E-state index contributed by atoms with van der Waals surface area (Å²) in [6.07, 6.45) is 2.98. The van der Waals surface area contributed by atoms with Gasteiger partial charge in [-0.1, -0.05) is 18.2 Å². The smallest absolute Gasteiger partial charge is 0.330 e. The summed E-state index contributed by atoms with van der Waals surface area (Å²) < 4.78 is 9.79. The number of amides is 1. The fourth-order valence-electron chi connectivity index (χ4n) is 2.46. The Morgan fingerprint density at radius 1 is 1.20 bits per heavy atom. The average Bonchev–Trinajstić information content (AvgIpc) is 2.73. The molecule has 0 radical (unpaired) electrons. The third-order valence-electron chi connectivity index (χ3n) is 3.83. The summed E-state index contributed by atoms with van der Waals surface area (Å²) in [5, 5.41) is 13.9. The lowest BCUT2D eigenvalue weighted by Crippen LogP contribution is -2.14. The van der Waals surface area contributed by atoms with Crippen LogP contribution in [0.1, 0.15) is 18.1 Å². The Hall–Kier alpha value is -3.33. The molecule has 2 aromatic carbocycles. The van der Waals surface area contributed by atoms with Gasteiger partial charge in [-0.3, -0.25) is 14.9 Å². The summed E-state index contributed by atoms with van der Waals surface area (Å²) in [6, 6.07) is 11.8. The molecule has 0 saturated carbocycles. The second-order valence-corrected chi connectivity index (χ2v) is 7.00. The van der Waals surface area contributed by atoms with E-state index in [1.165, 1.54) is 31.0 Å². The molecule has 1 N–H and O–H groups in total. The molecule has 1 amide bonds. The summed E-state index contributed by atoms with van der Waals surface area (Å²) in [7, 11) is 1.38. The second-order valence-electron chi connectivity index (χ2n) is 6.01. The minimum atomic E-state index is -0.495. The SMILES string of the molecule is CCOC(=O)/C=C/c1ccc(NC(=O)CSCc2ccc(OC)c([N+](=O)[O-])c2)cc1. The quantitative estimate of drug-likeness (QED) is 0.262. The van der Waals surface area contributed by atoms with Crippen molar-refractivity contribution in [3.8, 4) is 5.75 Å². The Kier molecular flexibility index (Phi) is 8.89. The van der Waals surface area contributed by atoms with Gasteiger partial charge in [0.15, 0.2) is 5.75 Å². The van der Waals surface area contributed by atoms with Crippen LogP contribution in [0.5, 0.6) is 5.75 Å².